The molecule has 83 heavy (non-hydrogen) atoms. The fraction of sp³-hybridized carbons (Fsp3) is 0.655. The molecule has 25 heteroatoms. The summed E-state index contributed by atoms with van der Waals surface area (Å²) in [7, 11) is -4.26. The highest BCUT2D eigenvalue weighted by atomic mass is 32.3. The Labute approximate surface area is 494 Å². The fourth-order valence-corrected chi connectivity index (χ4v) is 8.33. The molecule has 1 aliphatic heterocycles. The number of carbonyl (C=O) groups is 8. The molecule has 0 bridgehead atoms. The van der Waals surface area contributed by atoms with Gasteiger partial charge in [0.1, 0.15) is 24.1 Å². The first-order chi connectivity index (χ1) is 39.4. The molecule has 5 amide bonds. The molecular weight excluding hydrogens is 1100 g/mol. The van der Waals surface area contributed by atoms with E-state index < -0.39 is 52.2 Å². The summed E-state index contributed by atoms with van der Waals surface area (Å²) in [4.78, 5) is 99.5. The zero-order chi connectivity index (χ0) is 63.2. The van der Waals surface area contributed by atoms with Crippen molar-refractivity contribution >= 4 is 65.7 Å². The molecule has 1 heterocycles. The molecule has 0 spiro atoms. The van der Waals surface area contributed by atoms with Gasteiger partial charge in [0.25, 0.3) is 5.91 Å². The summed E-state index contributed by atoms with van der Waals surface area (Å²) in [6, 6.07) is 10.0. The number of carboxylic acids is 2. The Morgan fingerprint density at radius 2 is 1.39 bits per heavy atom. The molecule has 1 radical (unpaired) electrons. The van der Waals surface area contributed by atoms with Crippen LogP contribution in [0.3, 0.4) is 0 Å². The van der Waals surface area contributed by atoms with Crippen LogP contribution in [0.1, 0.15) is 174 Å². The number of aliphatic hydroxyl groups excluding tert-OH is 1. The molecule has 1 fully saturated rings. The first kappa shape index (κ1) is 79.1. The lowest BCUT2D eigenvalue weighted by atomic mass is 9.86. The van der Waals surface area contributed by atoms with E-state index in [1.807, 2.05) is 11.8 Å². The van der Waals surface area contributed by atoms with Gasteiger partial charge in [-0.3, -0.25) is 43.4 Å². The Morgan fingerprint density at radius 3 is 1.89 bits per heavy atom. The second kappa shape index (κ2) is 48.4. The third-order valence-electron chi connectivity index (χ3n) is 12.3. The van der Waals surface area contributed by atoms with Crippen LogP contribution < -0.4 is 25.5 Å². The minimum Gasteiger partial charge on any atom is -0.481 e. The number of unbranched alkanes of at least 4 members (excludes halogenated alkanes) is 2. The molecule has 471 valence electrons. The van der Waals surface area contributed by atoms with Crippen LogP contribution in [-0.4, -0.2) is 176 Å². The number of aldehydes is 1. The molecule has 0 aromatic heterocycles. The van der Waals surface area contributed by atoms with Crippen molar-refractivity contribution in [2.24, 2.45) is 5.92 Å². The molecule has 2 aromatic carbocycles. The summed E-state index contributed by atoms with van der Waals surface area (Å²) in [5, 5.41) is 44.8. The van der Waals surface area contributed by atoms with Gasteiger partial charge < -0.3 is 55.5 Å². The molecule has 0 saturated carbocycles. The number of aliphatic carboxylic acids is 2. The molecule has 1 saturated heterocycles. The number of nitrogens with zero attached hydrogens (tertiary/aromatic N) is 3. The van der Waals surface area contributed by atoms with E-state index in [-0.39, 0.29) is 56.0 Å². The van der Waals surface area contributed by atoms with Crippen molar-refractivity contribution in [1.29, 1.82) is 0 Å². The monoisotopic (exact) mass is 1190 g/mol. The molecule has 8 N–H and O–H groups in total. The fourth-order valence-electron chi connectivity index (χ4n) is 7.99. The maximum Gasteiger partial charge on any atom is 0.488 e. The summed E-state index contributed by atoms with van der Waals surface area (Å²) >= 11 is 0. The number of halogens is 1. The molecule has 22 nitrogen and oxygen atoms in total. The number of carbonyl (C=O) groups excluding carboxylic acids is 6. The number of likely N-dealkylation sites (tertiary alicyclic amines) is 1. The SMILES string of the molecule is CCC.CCCCC(=O)O.CCCN(CCC(C)CC)CC(=O)O.CCCN(CCC)CC(=O)NCCCCC(NC(=O)Cc1cccc(OS(=O)(=O)F)c1)C(=O)NCc1ccc(C(=O)NC(C)C(=O)N2CCCC2[B]O)cc1.O=CCO. The van der Waals surface area contributed by atoms with Crippen molar-refractivity contribution in [3.05, 3.63) is 65.2 Å². The van der Waals surface area contributed by atoms with E-state index in [2.05, 4.69) is 78.8 Å². The van der Waals surface area contributed by atoms with Gasteiger partial charge >= 0.3 is 29.9 Å². The highest BCUT2D eigenvalue weighted by Gasteiger charge is 2.32. The van der Waals surface area contributed by atoms with Crippen LogP contribution in [0, 0.1) is 5.92 Å². The minimum atomic E-state index is -5.26. The van der Waals surface area contributed by atoms with E-state index in [1.54, 1.807) is 31.2 Å². The number of hydrogen-bond acceptors (Lipinski definition) is 15. The van der Waals surface area contributed by atoms with E-state index >= 15 is 0 Å². The molecule has 4 atom stereocenters. The topological polar surface area (TPSA) is 319 Å². The van der Waals surface area contributed by atoms with Gasteiger partial charge in [0, 0.05) is 37.6 Å². The van der Waals surface area contributed by atoms with Crippen molar-refractivity contribution in [1.82, 2.24) is 36.0 Å². The summed E-state index contributed by atoms with van der Waals surface area (Å²) in [6.45, 7) is 23.0. The number of rotatable bonds is 35. The van der Waals surface area contributed by atoms with Gasteiger partial charge in [-0.2, -0.15) is 8.42 Å². The van der Waals surface area contributed by atoms with Gasteiger partial charge in [0.05, 0.1) is 26.1 Å². The third-order valence-corrected chi connectivity index (χ3v) is 12.7. The summed E-state index contributed by atoms with van der Waals surface area (Å²) < 4.78 is 39.1. The standard InChI is InChI=1S/C37H53BFN6O9S.C11H23NO2.C5H10O2.C3H8.C2H4O2/c1-4-19-44(20-5-2)25-34(47)40-18-7-6-12-31(43-33(46)23-28-10-8-11-30(22-28)54-55(39,52)53)36(49)41-24-27-14-16-29(17-15-27)35(48)42-26(3)37(50)45-21-9-13-32(45)38-51;1-4-7-12(9-11(13)14)8-6-10(3)5-2;1-2-3-4-5(6)7;1-3-2;3-1-2-4/h8,10-11,14-17,22,26,31-32,51H,4-7,9,12-13,18-21,23-25H2,1-3H3,(H,40,47)(H,41,49)(H,42,48)(H,43,46);10H,4-9H2,1-3H3,(H,13,14);2-4H2,1H3,(H,6,7);3H2,1-2H3;1,4H,2H2. The summed E-state index contributed by atoms with van der Waals surface area (Å²) in [5.74, 6) is -3.24. The Morgan fingerprint density at radius 1 is 0.783 bits per heavy atom. The van der Waals surface area contributed by atoms with Crippen molar-refractivity contribution in [3.8, 4) is 5.75 Å². The second-order valence-corrected chi connectivity index (χ2v) is 21.0. The zero-order valence-electron chi connectivity index (χ0n) is 50.7. The number of benzene rings is 2. The van der Waals surface area contributed by atoms with Crippen molar-refractivity contribution in [3.63, 3.8) is 0 Å². The van der Waals surface area contributed by atoms with Gasteiger partial charge in [-0.25, -0.2) is 0 Å². The van der Waals surface area contributed by atoms with Gasteiger partial charge in [-0.05, 0) is 139 Å². The predicted octanol–water partition coefficient (Wildman–Crippen LogP) is 5.78. The Bertz CT molecular complexity index is 2260. The van der Waals surface area contributed by atoms with Gasteiger partial charge in [0.15, 0.2) is 0 Å². The van der Waals surface area contributed by atoms with E-state index in [1.165, 1.54) is 42.0 Å². The second-order valence-electron chi connectivity index (χ2n) is 20.1. The largest absolute Gasteiger partial charge is 0.488 e. The average molecular weight is 1200 g/mol. The van der Waals surface area contributed by atoms with E-state index in [0.717, 1.165) is 78.6 Å². The minimum absolute atomic E-state index is 0.0785. The average Bonchev–Trinajstić information content (AvgIpc) is 3.96. The summed E-state index contributed by atoms with van der Waals surface area (Å²) in [6.07, 6.45) is 11.4. The van der Waals surface area contributed by atoms with Gasteiger partial charge in [-0.1, -0.05) is 103 Å². The van der Waals surface area contributed by atoms with Crippen LogP contribution in [0.5, 0.6) is 5.75 Å². The van der Waals surface area contributed by atoms with Gasteiger partial charge in [0.2, 0.25) is 23.6 Å². The normalized spacial score (nSPS) is 13.5. The summed E-state index contributed by atoms with van der Waals surface area (Å²) in [5.41, 5.74) is 1.30. The van der Waals surface area contributed by atoms with Crippen molar-refractivity contribution < 1.29 is 75.2 Å². The smallest absolute Gasteiger partial charge is 0.481 e. The van der Waals surface area contributed by atoms with E-state index in [0.29, 0.717) is 74.2 Å². The first-order valence-electron chi connectivity index (χ1n) is 29.1. The number of aliphatic hydroxyl groups is 1. The van der Waals surface area contributed by atoms with Crippen LogP contribution >= 0.6 is 0 Å². The molecule has 2 aromatic rings. The van der Waals surface area contributed by atoms with E-state index in [9.17, 15) is 50.9 Å². The quantitative estimate of drug-likeness (QED) is 0.0175. The highest BCUT2D eigenvalue weighted by Crippen LogP contribution is 2.19. The number of amides is 5. The highest BCUT2D eigenvalue weighted by molar-refractivity contribution is 7.81. The zero-order valence-corrected chi connectivity index (χ0v) is 51.5. The lowest BCUT2D eigenvalue weighted by molar-refractivity contribution is -0.139. The molecule has 0 aliphatic carbocycles. The first-order valence-corrected chi connectivity index (χ1v) is 30.4. The molecule has 1 aliphatic rings. The number of hydrogen-bond donors (Lipinski definition) is 8. The third kappa shape index (κ3) is 40.8. The Balaban J connectivity index is 0. The van der Waals surface area contributed by atoms with Gasteiger partial charge in [-0.15, -0.1) is 0 Å². The van der Waals surface area contributed by atoms with Crippen molar-refractivity contribution in [2.75, 3.05) is 59.0 Å². The Kier molecular flexibility index (Phi) is 46.1. The molecule has 3 rings (SSSR count). The Hall–Kier alpha value is -6.02. The van der Waals surface area contributed by atoms with Crippen LogP contribution in [0.4, 0.5) is 3.89 Å². The number of carboxylic acid groups (broad SMARTS) is 2. The number of nitrogens with one attached hydrogen (secondary N) is 4. The van der Waals surface area contributed by atoms with E-state index in [4.69, 9.17) is 20.1 Å². The van der Waals surface area contributed by atoms with Crippen LogP contribution in [0.25, 0.3) is 0 Å². The van der Waals surface area contributed by atoms with Crippen LogP contribution in [0.2, 0.25) is 0 Å². The lowest BCUT2D eigenvalue weighted by Crippen LogP contribution is -2.49. The lowest BCUT2D eigenvalue weighted by Gasteiger charge is -2.26. The van der Waals surface area contributed by atoms with Crippen LogP contribution in [0.15, 0.2) is 48.5 Å². The maximum absolute atomic E-state index is 13.4. The molecular formula is C58H98BFN7O15S. The van der Waals surface area contributed by atoms with Crippen molar-refractivity contribution in [2.45, 2.75) is 183 Å². The maximum atomic E-state index is 13.4. The predicted molar refractivity (Wildman–Crippen MR) is 319 cm³/mol. The van der Waals surface area contributed by atoms with Crippen LogP contribution in [-0.2, 0) is 57.0 Å². The molecule has 4 unspecified atom stereocenters.